The number of hydrogen-bond acceptors (Lipinski definition) is 2. The second-order valence-electron chi connectivity index (χ2n) is 5.18. The fourth-order valence-electron chi connectivity index (χ4n) is 2.27. The molecule has 24 heavy (non-hydrogen) atoms. The average molecular weight is 338 g/mol. The topological polar surface area (TPSA) is 61.4 Å². The Morgan fingerprint density at radius 1 is 1.04 bits per heavy atom. The van der Waals surface area contributed by atoms with E-state index in [0.717, 1.165) is 17.7 Å². The molecule has 0 aliphatic rings. The molecule has 2 aromatic carbocycles. The van der Waals surface area contributed by atoms with E-state index in [2.05, 4.69) is 10.6 Å². The van der Waals surface area contributed by atoms with Gasteiger partial charge in [-0.15, -0.1) is 0 Å². The average Bonchev–Trinajstić information content (AvgIpc) is 2.60. The van der Waals surface area contributed by atoms with E-state index in [1.807, 2.05) is 30.3 Å². The van der Waals surface area contributed by atoms with Crippen LogP contribution in [-0.2, 0) is 0 Å². The first-order chi connectivity index (χ1) is 11.5. The maximum absolute atomic E-state index is 13.5. The maximum Gasteiger partial charge on any atom is 0.319 e. The van der Waals surface area contributed by atoms with Crippen molar-refractivity contribution in [2.75, 3.05) is 18.5 Å². The molecule has 0 heterocycles. The lowest BCUT2D eigenvalue weighted by atomic mass is 9.96. The lowest BCUT2D eigenvalue weighted by Crippen LogP contribution is -2.33. The second-order valence-corrected chi connectivity index (χ2v) is 5.18. The number of aliphatic hydroxyl groups is 1. The van der Waals surface area contributed by atoms with Gasteiger partial charge in [-0.25, -0.2) is 18.0 Å². The van der Waals surface area contributed by atoms with Gasteiger partial charge >= 0.3 is 6.03 Å². The minimum atomic E-state index is -1.64. The number of rotatable bonds is 6. The molecule has 2 aromatic rings. The molecule has 1 unspecified atom stereocenters. The third kappa shape index (κ3) is 4.48. The van der Waals surface area contributed by atoms with Gasteiger partial charge in [0.25, 0.3) is 0 Å². The molecule has 0 aromatic heterocycles. The predicted octanol–water partition coefficient (Wildman–Crippen LogP) is 3.39. The van der Waals surface area contributed by atoms with Crippen LogP contribution in [0.1, 0.15) is 17.9 Å². The van der Waals surface area contributed by atoms with Crippen molar-refractivity contribution in [3.63, 3.8) is 0 Å². The van der Waals surface area contributed by atoms with E-state index in [9.17, 15) is 18.0 Å². The van der Waals surface area contributed by atoms with Crippen molar-refractivity contribution >= 4 is 11.7 Å². The van der Waals surface area contributed by atoms with Gasteiger partial charge in [0.15, 0.2) is 17.5 Å². The molecule has 0 radical (unpaired) electrons. The molecule has 0 saturated carbocycles. The van der Waals surface area contributed by atoms with Crippen LogP contribution in [0.4, 0.5) is 23.7 Å². The zero-order valence-corrected chi connectivity index (χ0v) is 12.7. The summed E-state index contributed by atoms with van der Waals surface area (Å²) in [7, 11) is 0. The Bertz CT molecular complexity index is 696. The molecule has 0 saturated heterocycles. The number of aliphatic hydroxyl groups excluding tert-OH is 1. The van der Waals surface area contributed by atoms with Gasteiger partial charge in [-0.1, -0.05) is 30.3 Å². The highest BCUT2D eigenvalue weighted by Crippen LogP contribution is 2.20. The zero-order chi connectivity index (χ0) is 17.5. The van der Waals surface area contributed by atoms with Crippen LogP contribution in [0.2, 0.25) is 0 Å². The van der Waals surface area contributed by atoms with E-state index in [4.69, 9.17) is 5.11 Å². The van der Waals surface area contributed by atoms with Crippen LogP contribution in [0.25, 0.3) is 0 Å². The van der Waals surface area contributed by atoms with Crippen LogP contribution in [0.15, 0.2) is 42.5 Å². The molecule has 3 N–H and O–H groups in total. The van der Waals surface area contributed by atoms with Crippen LogP contribution in [-0.4, -0.2) is 24.3 Å². The highest BCUT2D eigenvalue weighted by Gasteiger charge is 2.16. The molecule has 128 valence electrons. The number of carbonyl (C=O) groups excluding carboxylic acids is 1. The molecule has 2 rings (SSSR count). The van der Waals surface area contributed by atoms with Crippen molar-refractivity contribution in [2.45, 2.75) is 12.3 Å². The summed E-state index contributed by atoms with van der Waals surface area (Å²) in [5.74, 6) is -4.56. The Balaban J connectivity index is 1.98. The molecule has 4 nitrogen and oxygen atoms in total. The van der Waals surface area contributed by atoms with Gasteiger partial charge in [0.2, 0.25) is 0 Å². The first-order valence-electron chi connectivity index (χ1n) is 7.37. The third-order valence-electron chi connectivity index (χ3n) is 3.54. The van der Waals surface area contributed by atoms with Crippen molar-refractivity contribution in [1.82, 2.24) is 5.32 Å². The summed E-state index contributed by atoms with van der Waals surface area (Å²) in [6.07, 6.45) is 0.434. The van der Waals surface area contributed by atoms with Crippen molar-refractivity contribution in [2.24, 2.45) is 0 Å². The van der Waals surface area contributed by atoms with Gasteiger partial charge in [-0.3, -0.25) is 0 Å². The molecule has 0 bridgehead atoms. The molecule has 1 atom stereocenters. The maximum atomic E-state index is 13.5. The summed E-state index contributed by atoms with van der Waals surface area (Å²) in [5.41, 5.74) is 0.482. The van der Waals surface area contributed by atoms with Crippen molar-refractivity contribution < 1.29 is 23.1 Å². The minimum absolute atomic E-state index is 0.0549. The summed E-state index contributed by atoms with van der Waals surface area (Å²) >= 11 is 0. The number of nitrogens with one attached hydrogen (secondary N) is 2. The first-order valence-corrected chi connectivity index (χ1v) is 7.37. The van der Waals surface area contributed by atoms with Crippen LogP contribution < -0.4 is 10.6 Å². The number of hydrogen-bond donors (Lipinski definition) is 3. The Morgan fingerprint density at radius 3 is 2.42 bits per heavy atom. The van der Waals surface area contributed by atoms with E-state index in [1.165, 1.54) is 0 Å². The highest BCUT2D eigenvalue weighted by atomic mass is 19.2. The monoisotopic (exact) mass is 338 g/mol. The standard InChI is InChI=1S/C17H17F3N2O2/c18-13-6-7-14(16(20)15(13)19)22-17(24)21-10-12(8-9-23)11-4-2-1-3-5-11/h1-7,12,23H,8-10H2,(H2,21,22,24). The van der Waals surface area contributed by atoms with Gasteiger partial charge in [-0.05, 0) is 24.1 Å². The number of carbonyl (C=O) groups is 1. The number of amides is 2. The summed E-state index contributed by atoms with van der Waals surface area (Å²) < 4.78 is 39.5. The molecule has 0 aliphatic heterocycles. The summed E-state index contributed by atoms with van der Waals surface area (Å²) in [6, 6.07) is 10.2. The fourth-order valence-corrected chi connectivity index (χ4v) is 2.27. The number of halogens is 3. The van der Waals surface area contributed by atoms with Crippen LogP contribution in [0.5, 0.6) is 0 Å². The predicted molar refractivity (Wildman–Crippen MR) is 84.2 cm³/mol. The molecule has 7 heteroatoms. The van der Waals surface area contributed by atoms with Gasteiger partial charge in [0.1, 0.15) is 0 Å². The molecular weight excluding hydrogens is 321 g/mol. The van der Waals surface area contributed by atoms with Crippen molar-refractivity contribution in [3.8, 4) is 0 Å². The highest BCUT2D eigenvalue weighted by molar-refractivity contribution is 5.89. The van der Waals surface area contributed by atoms with E-state index < -0.39 is 29.2 Å². The molecule has 0 aliphatic carbocycles. The second kappa shape index (κ2) is 8.35. The zero-order valence-electron chi connectivity index (χ0n) is 12.7. The SMILES string of the molecule is O=C(NCC(CCO)c1ccccc1)Nc1ccc(F)c(F)c1F. The van der Waals surface area contributed by atoms with Gasteiger partial charge < -0.3 is 15.7 Å². The first kappa shape index (κ1) is 17.8. The quantitative estimate of drug-likeness (QED) is 0.707. The summed E-state index contributed by atoms with van der Waals surface area (Å²) in [4.78, 5) is 11.8. The largest absolute Gasteiger partial charge is 0.396 e. The fraction of sp³-hybridized carbons (Fsp3) is 0.235. The molecular formula is C17H17F3N2O2. The number of anilines is 1. The van der Waals surface area contributed by atoms with Crippen molar-refractivity contribution in [3.05, 3.63) is 65.5 Å². The lowest BCUT2D eigenvalue weighted by molar-refractivity contribution is 0.248. The lowest BCUT2D eigenvalue weighted by Gasteiger charge is -2.17. The molecule has 0 fully saturated rings. The van der Waals surface area contributed by atoms with E-state index in [-0.39, 0.29) is 19.1 Å². The van der Waals surface area contributed by atoms with E-state index >= 15 is 0 Å². The normalized spacial score (nSPS) is 11.8. The van der Waals surface area contributed by atoms with Crippen LogP contribution in [0, 0.1) is 17.5 Å². The minimum Gasteiger partial charge on any atom is -0.396 e. The van der Waals surface area contributed by atoms with Gasteiger partial charge in [-0.2, -0.15) is 0 Å². The Kier molecular flexibility index (Phi) is 6.20. The Hall–Kier alpha value is -2.54. The number of benzene rings is 2. The Labute approximate surface area is 137 Å². The summed E-state index contributed by atoms with van der Waals surface area (Å²) in [6.45, 7) is 0.141. The summed E-state index contributed by atoms with van der Waals surface area (Å²) in [5, 5.41) is 13.8. The van der Waals surface area contributed by atoms with Gasteiger partial charge in [0.05, 0.1) is 5.69 Å². The number of urea groups is 1. The third-order valence-corrected chi connectivity index (χ3v) is 3.54. The van der Waals surface area contributed by atoms with Crippen LogP contribution >= 0.6 is 0 Å². The van der Waals surface area contributed by atoms with Crippen LogP contribution in [0.3, 0.4) is 0 Å². The van der Waals surface area contributed by atoms with E-state index in [1.54, 1.807) is 0 Å². The van der Waals surface area contributed by atoms with Gasteiger partial charge in [0, 0.05) is 19.1 Å². The molecule has 0 spiro atoms. The van der Waals surface area contributed by atoms with Crippen molar-refractivity contribution in [1.29, 1.82) is 0 Å². The molecule has 2 amide bonds. The Morgan fingerprint density at radius 2 is 1.75 bits per heavy atom. The van der Waals surface area contributed by atoms with E-state index in [0.29, 0.717) is 6.42 Å². The smallest absolute Gasteiger partial charge is 0.319 e.